The molecule has 2 aromatic rings. The van der Waals surface area contributed by atoms with Gasteiger partial charge < -0.3 is 9.73 Å². The van der Waals surface area contributed by atoms with Crippen LogP contribution in [0, 0.1) is 12.8 Å². The van der Waals surface area contributed by atoms with Crippen LogP contribution in [0.4, 0.5) is 5.69 Å². The molecule has 0 aromatic carbocycles. The Balaban J connectivity index is 2.20. The summed E-state index contributed by atoms with van der Waals surface area (Å²) in [6.45, 7) is 5.97. The molecule has 0 spiro atoms. The molecular weight excluding hydrogens is 282 g/mol. The number of anilines is 1. The number of aromatic nitrogens is 2. The Morgan fingerprint density at radius 1 is 1.45 bits per heavy atom. The van der Waals surface area contributed by atoms with Crippen LogP contribution in [-0.2, 0) is 13.5 Å². The SMILES string of the molecule is Cc1cc(CCC(C)C)oc(=O)c1C(=O)Nc1cnn(C)c1. The molecule has 0 atom stereocenters. The molecule has 0 aliphatic heterocycles. The molecule has 1 N–H and O–H groups in total. The van der Waals surface area contributed by atoms with Gasteiger partial charge in [0, 0.05) is 19.7 Å². The van der Waals surface area contributed by atoms with Crippen LogP contribution in [0.5, 0.6) is 0 Å². The largest absolute Gasteiger partial charge is 0.427 e. The van der Waals surface area contributed by atoms with Gasteiger partial charge in [0.15, 0.2) is 0 Å². The highest BCUT2D eigenvalue weighted by Crippen LogP contribution is 2.13. The lowest BCUT2D eigenvalue weighted by Crippen LogP contribution is -2.23. The molecule has 2 rings (SSSR count). The molecule has 0 radical (unpaired) electrons. The molecule has 118 valence electrons. The van der Waals surface area contributed by atoms with Crippen molar-refractivity contribution in [3.8, 4) is 0 Å². The zero-order valence-electron chi connectivity index (χ0n) is 13.3. The molecule has 0 aliphatic rings. The number of carbonyl (C=O) groups excluding carboxylic acids is 1. The molecular formula is C16H21N3O3. The number of rotatable bonds is 5. The molecule has 6 heteroatoms. The first kappa shape index (κ1) is 16.0. The minimum atomic E-state index is -0.597. The maximum atomic E-state index is 12.2. The van der Waals surface area contributed by atoms with Crippen molar-refractivity contribution in [2.24, 2.45) is 13.0 Å². The van der Waals surface area contributed by atoms with Crippen molar-refractivity contribution in [1.29, 1.82) is 0 Å². The van der Waals surface area contributed by atoms with E-state index in [2.05, 4.69) is 24.3 Å². The van der Waals surface area contributed by atoms with Gasteiger partial charge in [0.25, 0.3) is 5.91 Å². The average Bonchev–Trinajstić information content (AvgIpc) is 2.81. The first-order valence-corrected chi connectivity index (χ1v) is 7.30. The van der Waals surface area contributed by atoms with Crippen molar-refractivity contribution in [3.05, 3.63) is 45.8 Å². The van der Waals surface area contributed by atoms with Crippen molar-refractivity contribution < 1.29 is 9.21 Å². The van der Waals surface area contributed by atoms with Gasteiger partial charge in [-0.1, -0.05) is 13.8 Å². The molecule has 0 saturated carbocycles. The monoisotopic (exact) mass is 303 g/mol. The summed E-state index contributed by atoms with van der Waals surface area (Å²) in [6.07, 6.45) is 4.81. The van der Waals surface area contributed by atoms with E-state index in [0.29, 0.717) is 29.3 Å². The lowest BCUT2D eigenvalue weighted by molar-refractivity contribution is 0.102. The molecule has 1 amide bonds. The minimum absolute atomic E-state index is 0.0390. The van der Waals surface area contributed by atoms with Gasteiger partial charge in [-0.15, -0.1) is 0 Å². The molecule has 22 heavy (non-hydrogen) atoms. The van der Waals surface area contributed by atoms with Crippen LogP contribution in [0.25, 0.3) is 0 Å². The summed E-state index contributed by atoms with van der Waals surface area (Å²) in [4.78, 5) is 24.3. The third-order valence-electron chi connectivity index (χ3n) is 3.36. The van der Waals surface area contributed by atoms with E-state index in [1.54, 1.807) is 30.9 Å². The zero-order chi connectivity index (χ0) is 16.3. The summed E-state index contributed by atoms with van der Waals surface area (Å²) >= 11 is 0. The zero-order valence-corrected chi connectivity index (χ0v) is 13.3. The van der Waals surface area contributed by atoms with E-state index >= 15 is 0 Å². The van der Waals surface area contributed by atoms with Gasteiger partial charge in [-0.25, -0.2) is 4.79 Å². The number of hydrogen-bond acceptors (Lipinski definition) is 4. The van der Waals surface area contributed by atoms with Crippen molar-refractivity contribution in [2.45, 2.75) is 33.6 Å². The number of nitrogens with one attached hydrogen (secondary N) is 1. The number of hydrogen-bond donors (Lipinski definition) is 1. The Bertz CT molecular complexity index is 728. The standard InChI is InChI=1S/C16H21N3O3/c1-10(2)5-6-13-7-11(3)14(16(21)22-13)15(20)18-12-8-17-19(4)9-12/h7-10H,5-6H2,1-4H3,(H,18,20). The van der Waals surface area contributed by atoms with Gasteiger partial charge in [-0.3, -0.25) is 9.48 Å². The smallest absolute Gasteiger partial charge is 0.349 e. The van der Waals surface area contributed by atoms with Crippen molar-refractivity contribution in [2.75, 3.05) is 5.32 Å². The molecule has 0 aliphatic carbocycles. The first-order valence-electron chi connectivity index (χ1n) is 7.30. The Kier molecular flexibility index (Phi) is 4.80. The highest BCUT2D eigenvalue weighted by Gasteiger charge is 2.17. The summed E-state index contributed by atoms with van der Waals surface area (Å²) in [6, 6.07) is 1.77. The second-order valence-electron chi connectivity index (χ2n) is 5.85. The van der Waals surface area contributed by atoms with E-state index in [-0.39, 0.29) is 5.56 Å². The normalized spacial score (nSPS) is 11.0. The van der Waals surface area contributed by atoms with E-state index in [0.717, 1.165) is 6.42 Å². The van der Waals surface area contributed by atoms with E-state index in [9.17, 15) is 9.59 Å². The summed E-state index contributed by atoms with van der Waals surface area (Å²) in [5.41, 5.74) is 0.601. The van der Waals surface area contributed by atoms with Crippen LogP contribution in [-0.4, -0.2) is 15.7 Å². The van der Waals surface area contributed by atoms with Gasteiger partial charge in [-0.2, -0.15) is 5.10 Å². The van der Waals surface area contributed by atoms with Crippen LogP contribution >= 0.6 is 0 Å². The first-order chi connectivity index (χ1) is 10.4. The van der Waals surface area contributed by atoms with Crippen LogP contribution in [0.2, 0.25) is 0 Å². The molecule has 2 heterocycles. The Labute approximate surface area is 129 Å². The van der Waals surface area contributed by atoms with E-state index < -0.39 is 11.5 Å². The maximum Gasteiger partial charge on any atom is 0.349 e. The quantitative estimate of drug-likeness (QED) is 0.920. The fraction of sp³-hybridized carbons (Fsp3) is 0.438. The number of carbonyl (C=O) groups is 1. The summed E-state index contributed by atoms with van der Waals surface area (Å²) in [5, 5.41) is 6.61. The lowest BCUT2D eigenvalue weighted by atomic mass is 10.0. The second kappa shape index (κ2) is 6.60. The summed E-state index contributed by atoms with van der Waals surface area (Å²) in [5.74, 6) is 0.669. The van der Waals surface area contributed by atoms with Crippen LogP contribution < -0.4 is 10.9 Å². The molecule has 0 fully saturated rings. The predicted molar refractivity (Wildman–Crippen MR) is 84.0 cm³/mol. The van der Waals surface area contributed by atoms with E-state index in [1.165, 1.54) is 6.20 Å². The van der Waals surface area contributed by atoms with Crippen LogP contribution in [0.15, 0.2) is 27.7 Å². The van der Waals surface area contributed by atoms with Crippen LogP contribution in [0.1, 0.15) is 41.9 Å². The van der Waals surface area contributed by atoms with Crippen LogP contribution in [0.3, 0.4) is 0 Å². The molecule has 0 bridgehead atoms. The molecule has 2 aromatic heterocycles. The highest BCUT2D eigenvalue weighted by atomic mass is 16.4. The summed E-state index contributed by atoms with van der Waals surface area (Å²) < 4.78 is 6.84. The van der Waals surface area contributed by atoms with Crippen molar-refractivity contribution in [3.63, 3.8) is 0 Å². The van der Waals surface area contributed by atoms with E-state index in [1.807, 2.05) is 0 Å². The third kappa shape index (κ3) is 3.84. The number of nitrogens with zero attached hydrogens (tertiary/aromatic N) is 2. The fourth-order valence-electron chi connectivity index (χ4n) is 2.18. The molecule has 6 nitrogen and oxygen atoms in total. The third-order valence-corrected chi connectivity index (χ3v) is 3.36. The molecule has 0 unspecified atom stereocenters. The number of amides is 1. The Morgan fingerprint density at radius 3 is 2.73 bits per heavy atom. The van der Waals surface area contributed by atoms with Gasteiger partial charge in [0.2, 0.25) is 0 Å². The fourth-order valence-corrected chi connectivity index (χ4v) is 2.18. The van der Waals surface area contributed by atoms with Gasteiger partial charge >= 0.3 is 5.63 Å². The van der Waals surface area contributed by atoms with Crippen molar-refractivity contribution in [1.82, 2.24) is 9.78 Å². The number of aryl methyl sites for hydroxylation is 3. The maximum absolute atomic E-state index is 12.2. The van der Waals surface area contributed by atoms with Gasteiger partial charge in [-0.05, 0) is 30.9 Å². The Morgan fingerprint density at radius 2 is 2.18 bits per heavy atom. The van der Waals surface area contributed by atoms with Gasteiger partial charge in [0.1, 0.15) is 11.3 Å². The van der Waals surface area contributed by atoms with E-state index in [4.69, 9.17) is 4.42 Å². The van der Waals surface area contributed by atoms with Gasteiger partial charge in [0.05, 0.1) is 11.9 Å². The second-order valence-corrected chi connectivity index (χ2v) is 5.85. The summed E-state index contributed by atoms with van der Waals surface area (Å²) in [7, 11) is 1.75. The highest BCUT2D eigenvalue weighted by molar-refractivity contribution is 6.04. The van der Waals surface area contributed by atoms with Crippen molar-refractivity contribution >= 4 is 11.6 Å². The topological polar surface area (TPSA) is 77.1 Å². The Hall–Kier alpha value is -2.37. The average molecular weight is 303 g/mol. The lowest BCUT2D eigenvalue weighted by Gasteiger charge is -2.08. The molecule has 0 saturated heterocycles. The predicted octanol–water partition coefficient (Wildman–Crippen LogP) is 2.52. The minimum Gasteiger partial charge on any atom is -0.427 e.